The summed E-state index contributed by atoms with van der Waals surface area (Å²) in [5.41, 5.74) is 0. The summed E-state index contributed by atoms with van der Waals surface area (Å²) in [6, 6.07) is 0. The average Bonchev–Trinajstić information content (AvgIpc) is 2.91. The Labute approximate surface area is 240 Å². The minimum absolute atomic E-state index is 0.253. The molecule has 0 unspecified atom stereocenters. The summed E-state index contributed by atoms with van der Waals surface area (Å²) in [7, 11) is -17.3. The van der Waals surface area contributed by atoms with Crippen LogP contribution in [-0.2, 0) is 18.3 Å². The van der Waals surface area contributed by atoms with Gasteiger partial charge in [-0.15, -0.1) is 0 Å². The van der Waals surface area contributed by atoms with Crippen molar-refractivity contribution in [3.8, 4) is 0 Å². The molecule has 2 rings (SSSR count). The highest BCUT2D eigenvalue weighted by Gasteiger charge is 2.27. The molecular weight excluding hydrogens is 628 g/mol. The van der Waals surface area contributed by atoms with Crippen molar-refractivity contribution in [3.05, 3.63) is 0 Å². The van der Waals surface area contributed by atoms with Crippen LogP contribution >= 0.6 is 30.4 Å². The first kappa shape index (κ1) is 37.5. The molecule has 2 aliphatic heterocycles. The smallest absolute Gasteiger partial charge is 0.324 e. The molecule has 0 bridgehead atoms. The quantitative estimate of drug-likeness (QED) is 0.102. The molecule has 18 nitrogen and oxygen atoms in total. The molecule has 8 N–H and O–H groups in total. The van der Waals surface area contributed by atoms with Crippen molar-refractivity contribution in [2.75, 3.05) is 117 Å². The lowest BCUT2D eigenvalue weighted by Gasteiger charge is -2.29. The normalized spacial score (nSPS) is 22.4. The lowest BCUT2D eigenvalue weighted by atomic mass is 10.3. The molecule has 244 valence electrons. The first-order valence-corrected chi connectivity index (χ1v) is 20.5. The van der Waals surface area contributed by atoms with Crippen molar-refractivity contribution in [3.63, 3.8) is 0 Å². The maximum Gasteiger partial charge on any atom is 0.339 e. The fourth-order valence-corrected chi connectivity index (χ4v) is 8.16. The maximum atomic E-state index is 11.6. The monoisotopic (exact) mass is 674 g/mol. The highest BCUT2D eigenvalue weighted by atomic mass is 31.2. The van der Waals surface area contributed by atoms with E-state index >= 15 is 0 Å². The van der Waals surface area contributed by atoms with E-state index in [9.17, 15) is 57.4 Å². The van der Waals surface area contributed by atoms with E-state index in [0.717, 1.165) is 0 Å². The van der Waals surface area contributed by atoms with Gasteiger partial charge in [-0.1, -0.05) is 0 Å². The maximum absolute atomic E-state index is 11.6. The summed E-state index contributed by atoms with van der Waals surface area (Å²) in [4.78, 5) is 86.1. The minimum Gasteiger partial charge on any atom is -0.324 e. The van der Waals surface area contributed by atoms with Crippen LogP contribution in [0.1, 0.15) is 6.42 Å². The largest absolute Gasteiger partial charge is 0.339 e. The van der Waals surface area contributed by atoms with Crippen molar-refractivity contribution in [2.24, 2.45) is 0 Å². The van der Waals surface area contributed by atoms with Crippen LogP contribution in [0.15, 0.2) is 0 Å². The van der Waals surface area contributed by atoms with E-state index in [0.29, 0.717) is 71.9 Å². The molecule has 0 amide bonds. The Hall–Kier alpha value is 0.360. The highest BCUT2D eigenvalue weighted by Crippen LogP contribution is 2.37. The van der Waals surface area contributed by atoms with E-state index in [2.05, 4.69) is 9.80 Å². The Bertz CT molecular complexity index is 842. The standard InChI is InChI=1S/C19H46N6O12P4/c26-38(27,28)16-22-8-4-20(5-9-23(13-12-22)17-39(29,30)31)2-1-3-21-6-10-24(18-40(32,33)34)14-15-25(11-7-21)19-41(35,36)37/h1-19H2,(H2,26,27,28)(H2,29,30,31)(H2,32,33,34)(H2,35,36,37). The van der Waals surface area contributed by atoms with Crippen molar-refractivity contribution >= 4 is 30.4 Å². The highest BCUT2D eigenvalue weighted by molar-refractivity contribution is 7.52. The van der Waals surface area contributed by atoms with Gasteiger partial charge in [0, 0.05) is 78.5 Å². The first-order chi connectivity index (χ1) is 18.8. The molecule has 0 aromatic heterocycles. The van der Waals surface area contributed by atoms with Gasteiger partial charge < -0.3 is 48.9 Å². The van der Waals surface area contributed by atoms with Crippen LogP contribution in [0.4, 0.5) is 0 Å². The third-order valence-corrected chi connectivity index (χ3v) is 9.95. The molecule has 0 radical (unpaired) electrons. The number of hydrogen-bond acceptors (Lipinski definition) is 10. The van der Waals surface area contributed by atoms with Crippen LogP contribution < -0.4 is 0 Å². The van der Waals surface area contributed by atoms with Gasteiger partial charge in [0.15, 0.2) is 0 Å². The van der Waals surface area contributed by atoms with Gasteiger partial charge in [-0.3, -0.25) is 37.9 Å². The SMILES string of the molecule is O=P(O)(O)CN1CCN(CCCN2CCN(CP(=O)(O)O)CCN(CP(=O)(O)O)CC2)CCN(CP(=O)(O)O)CC1. The molecule has 22 heteroatoms. The molecule has 0 aliphatic carbocycles. The van der Waals surface area contributed by atoms with Crippen LogP contribution in [0.2, 0.25) is 0 Å². The van der Waals surface area contributed by atoms with Crippen LogP contribution in [-0.4, -0.2) is 185 Å². The molecule has 0 aromatic carbocycles. The summed E-state index contributed by atoms with van der Waals surface area (Å²) in [5, 5.41) is 0. The van der Waals surface area contributed by atoms with Gasteiger partial charge in [-0.25, -0.2) is 0 Å². The Morgan fingerprint density at radius 2 is 0.512 bits per heavy atom. The van der Waals surface area contributed by atoms with E-state index in [4.69, 9.17) is 0 Å². The lowest BCUT2D eigenvalue weighted by Crippen LogP contribution is -2.40. The van der Waals surface area contributed by atoms with Crippen molar-refractivity contribution in [2.45, 2.75) is 6.42 Å². The van der Waals surface area contributed by atoms with E-state index in [1.165, 1.54) is 0 Å². The van der Waals surface area contributed by atoms with E-state index in [-0.39, 0.29) is 26.2 Å². The summed E-state index contributed by atoms with van der Waals surface area (Å²) < 4.78 is 46.4. The van der Waals surface area contributed by atoms with Gasteiger partial charge in [-0.05, 0) is 19.5 Å². The number of nitrogens with zero attached hydrogens (tertiary/aromatic N) is 6. The fourth-order valence-electron chi connectivity index (χ4n) is 4.94. The fraction of sp³-hybridized carbons (Fsp3) is 1.00. The Balaban J connectivity index is 2.02. The molecule has 0 saturated carbocycles. The molecule has 2 fully saturated rings. The van der Waals surface area contributed by atoms with E-state index < -0.39 is 55.5 Å². The van der Waals surface area contributed by atoms with Crippen LogP contribution in [0.25, 0.3) is 0 Å². The van der Waals surface area contributed by atoms with Gasteiger partial charge in [0.05, 0.1) is 0 Å². The van der Waals surface area contributed by atoms with Gasteiger partial charge >= 0.3 is 30.4 Å². The second kappa shape index (κ2) is 16.6. The molecule has 2 heterocycles. The molecule has 41 heavy (non-hydrogen) atoms. The first-order valence-electron chi connectivity index (χ1n) is 13.3. The molecule has 0 atom stereocenters. The molecule has 2 saturated heterocycles. The minimum atomic E-state index is -4.33. The van der Waals surface area contributed by atoms with Gasteiger partial charge in [-0.2, -0.15) is 0 Å². The summed E-state index contributed by atoms with van der Waals surface area (Å²) >= 11 is 0. The van der Waals surface area contributed by atoms with Gasteiger partial charge in [0.25, 0.3) is 0 Å². The van der Waals surface area contributed by atoms with E-state index in [1.54, 1.807) is 19.6 Å². The number of rotatable bonds is 12. The van der Waals surface area contributed by atoms with Gasteiger partial charge in [0.2, 0.25) is 0 Å². The zero-order valence-electron chi connectivity index (χ0n) is 23.1. The van der Waals surface area contributed by atoms with Crippen LogP contribution in [0, 0.1) is 0 Å². The second-order valence-electron chi connectivity index (χ2n) is 10.7. The molecule has 0 spiro atoms. The summed E-state index contributed by atoms with van der Waals surface area (Å²) in [6.45, 7) is 5.64. The Morgan fingerprint density at radius 1 is 0.341 bits per heavy atom. The summed E-state index contributed by atoms with van der Waals surface area (Å²) in [6.07, 6.45) is -1.14. The zero-order valence-corrected chi connectivity index (χ0v) is 26.7. The Kier molecular flexibility index (Phi) is 15.2. The molecular formula is C19H46N6O12P4. The van der Waals surface area contributed by atoms with Crippen molar-refractivity contribution in [1.82, 2.24) is 29.4 Å². The van der Waals surface area contributed by atoms with Crippen molar-refractivity contribution < 1.29 is 57.4 Å². The number of hydrogen-bond donors (Lipinski definition) is 8. The summed E-state index contributed by atoms with van der Waals surface area (Å²) in [5.74, 6) is 0. The van der Waals surface area contributed by atoms with Crippen molar-refractivity contribution in [1.29, 1.82) is 0 Å². The molecule has 2 aliphatic rings. The van der Waals surface area contributed by atoms with Crippen LogP contribution in [0.3, 0.4) is 0 Å². The Morgan fingerprint density at radius 3 is 0.683 bits per heavy atom. The third-order valence-electron chi connectivity index (χ3n) is 6.88. The second-order valence-corrected chi connectivity index (χ2v) is 17.2. The lowest BCUT2D eigenvalue weighted by molar-refractivity contribution is 0.190. The average molecular weight is 675 g/mol. The molecule has 0 aromatic rings. The third kappa shape index (κ3) is 18.7. The predicted molar refractivity (Wildman–Crippen MR) is 151 cm³/mol. The van der Waals surface area contributed by atoms with Gasteiger partial charge in [0.1, 0.15) is 25.1 Å². The predicted octanol–water partition coefficient (Wildman–Crippen LogP) is -2.24. The van der Waals surface area contributed by atoms with Crippen LogP contribution in [0.5, 0.6) is 0 Å². The van der Waals surface area contributed by atoms with E-state index in [1.807, 2.05) is 0 Å². The topological polar surface area (TPSA) is 250 Å². The zero-order chi connectivity index (χ0) is 30.9.